The second-order valence-corrected chi connectivity index (χ2v) is 27.7. The summed E-state index contributed by atoms with van der Waals surface area (Å²) in [7, 11) is 9.00. The molecule has 3 aromatic heterocycles. The average molecular weight is 1510 g/mol. The molecule has 0 saturated carbocycles. The van der Waals surface area contributed by atoms with Gasteiger partial charge >= 0.3 is 17.9 Å². The smallest absolute Gasteiger partial charge is 0.379 e. The number of methoxy groups -OCH3 is 6. The zero-order valence-corrected chi connectivity index (χ0v) is 64.9. The lowest BCUT2D eigenvalue weighted by Crippen LogP contribution is -2.61. The number of aromatic nitrogens is 6. The van der Waals surface area contributed by atoms with Crippen LogP contribution < -0.4 is 60.3 Å². The molecular formula is C81H100N12O17. The Morgan fingerprint density at radius 3 is 1.19 bits per heavy atom. The minimum atomic E-state index is -2.97. The van der Waals surface area contributed by atoms with Crippen LogP contribution >= 0.6 is 0 Å². The van der Waals surface area contributed by atoms with Crippen LogP contribution in [0.3, 0.4) is 0 Å². The van der Waals surface area contributed by atoms with Gasteiger partial charge in [0.15, 0.2) is 17.1 Å². The van der Waals surface area contributed by atoms with Gasteiger partial charge in [-0.1, -0.05) is 140 Å². The highest BCUT2D eigenvalue weighted by atomic mass is 16.6. The van der Waals surface area contributed by atoms with Gasteiger partial charge in [-0.3, -0.25) is 47.6 Å². The van der Waals surface area contributed by atoms with Gasteiger partial charge in [-0.05, 0) is 110 Å². The van der Waals surface area contributed by atoms with E-state index in [1.165, 1.54) is 55.6 Å². The highest BCUT2D eigenvalue weighted by Gasteiger charge is 2.45. The molecule has 0 radical (unpaired) electrons. The lowest BCUT2D eigenvalue weighted by atomic mass is 10.0. The number of nitrogens with one attached hydrogen (secondary N) is 6. The Balaban J connectivity index is 1.08. The Hall–Kier alpha value is -12.0. The molecule has 29 heteroatoms. The summed E-state index contributed by atoms with van der Waals surface area (Å²) in [4.78, 5) is 131. The van der Waals surface area contributed by atoms with Crippen LogP contribution in [0, 0.1) is 17.8 Å². The fourth-order valence-corrected chi connectivity index (χ4v) is 12.2. The number of hydrogen-bond donors (Lipinski definition) is 6. The highest BCUT2D eigenvalue weighted by molar-refractivity contribution is 6.02. The first-order valence-electron chi connectivity index (χ1n) is 36.4. The Bertz CT molecular complexity index is 4470. The summed E-state index contributed by atoms with van der Waals surface area (Å²) < 4.78 is 50.4. The van der Waals surface area contributed by atoms with Crippen LogP contribution in [0.25, 0.3) is 33.8 Å². The van der Waals surface area contributed by atoms with E-state index in [-0.39, 0.29) is 60.5 Å². The van der Waals surface area contributed by atoms with Gasteiger partial charge in [0.05, 0.1) is 76.4 Å². The van der Waals surface area contributed by atoms with Crippen LogP contribution in [0.5, 0.6) is 34.5 Å². The quantitative estimate of drug-likeness (QED) is 0.0119. The molecule has 29 nitrogen and oxygen atoms in total. The molecule has 2 unspecified atom stereocenters. The Morgan fingerprint density at radius 1 is 0.445 bits per heavy atom. The molecule has 0 spiro atoms. The zero-order chi connectivity index (χ0) is 79.9. The van der Waals surface area contributed by atoms with Crippen molar-refractivity contribution in [1.29, 1.82) is 0 Å². The predicted octanol–water partition coefficient (Wildman–Crippen LogP) is 9.12. The minimum absolute atomic E-state index is 0.00292. The predicted molar refractivity (Wildman–Crippen MR) is 409 cm³/mol. The van der Waals surface area contributed by atoms with Gasteiger partial charge in [-0.25, -0.2) is 9.59 Å². The number of ether oxygens (including phenoxy) is 8. The number of carbonyl (C=O) groups excluding carboxylic acids is 9. The van der Waals surface area contributed by atoms with Crippen LogP contribution in [-0.4, -0.2) is 162 Å². The molecule has 3 heterocycles. The summed E-state index contributed by atoms with van der Waals surface area (Å²) in [6, 6.07) is 32.2. The Morgan fingerprint density at radius 2 is 0.818 bits per heavy atom. The molecular weight excluding hydrogens is 1410 g/mol. The van der Waals surface area contributed by atoms with Gasteiger partial charge in [-0.2, -0.15) is 15.3 Å². The third kappa shape index (κ3) is 21.6. The largest absolute Gasteiger partial charge is 0.496 e. The Labute approximate surface area is 640 Å². The van der Waals surface area contributed by atoms with Gasteiger partial charge in [-0.15, -0.1) is 0 Å². The summed E-state index contributed by atoms with van der Waals surface area (Å²) in [6.45, 7) is 15.9. The molecule has 8 rings (SSSR count). The number of benzene rings is 5. The van der Waals surface area contributed by atoms with Crippen molar-refractivity contribution < 1.29 is 81.0 Å². The summed E-state index contributed by atoms with van der Waals surface area (Å²) in [6.07, 6.45) is 0.955. The van der Waals surface area contributed by atoms with E-state index < -0.39 is 89.8 Å². The fraction of sp³-hybridized carbons (Fsp3) is 0.407. The van der Waals surface area contributed by atoms with Crippen molar-refractivity contribution in [2.45, 2.75) is 150 Å². The second kappa shape index (κ2) is 39.2. The molecule has 5 atom stereocenters. The van der Waals surface area contributed by atoms with Gasteiger partial charge in [0.2, 0.25) is 17.7 Å². The number of hydrogen-bond acceptors (Lipinski definition) is 20. The normalized spacial score (nSPS) is 12.8. The summed E-state index contributed by atoms with van der Waals surface area (Å²) >= 11 is 0. The number of aryl methyl sites for hydroxylation is 1. The van der Waals surface area contributed by atoms with Crippen molar-refractivity contribution in [3.8, 4) is 68.3 Å². The van der Waals surface area contributed by atoms with E-state index in [2.05, 4.69) is 47.2 Å². The van der Waals surface area contributed by atoms with Crippen molar-refractivity contribution in [3.63, 3.8) is 0 Å². The lowest BCUT2D eigenvalue weighted by Gasteiger charge is -2.30. The van der Waals surface area contributed by atoms with E-state index in [1.807, 2.05) is 78.8 Å². The van der Waals surface area contributed by atoms with E-state index in [1.54, 1.807) is 111 Å². The maximum atomic E-state index is 15.0. The lowest BCUT2D eigenvalue weighted by molar-refractivity contribution is -0.189. The summed E-state index contributed by atoms with van der Waals surface area (Å²) in [5, 5.41) is 29.7. The van der Waals surface area contributed by atoms with Crippen molar-refractivity contribution in [3.05, 3.63) is 162 Å². The average Bonchev–Trinajstić information content (AvgIpc) is 1.62. The van der Waals surface area contributed by atoms with Crippen molar-refractivity contribution in [2.24, 2.45) is 17.8 Å². The van der Waals surface area contributed by atoms with Crippen LogP contribution in [-0.2, 0) is 70.7 Å². The first-order chi connectivity index (χ1) is 52.7. The number of unbranched alkanes of at least 4 members (excludes halogenated alkanes) is 1. The number of carbonyl (C=O) groups is 9. The fourth-order valence-electron chi connectivity index (χ4n) is 12.2. The molecule has 0 fully saturated rings. The monoisotopic (exact) mass is 1510 g/mol. The molecule has 8 aromatic rings. The maximum Gasteiger partial charge on any atom is 0.379 e. The number of esters is 3. The molecule has 0 aliphatic heterocycles. The molecule has 0 bridgehead atoms. The van der Waals surface area contributed by atoms with E-state index in [4.69, 9.17) is 37.9 Å². The highest BCUT2D eigenvalue weighted by Crippen LogP contribution is 2.42. The molecule has 6 N–H and O–H groups in total. The van der Waals surface area contributed by atoms with Crippen molar-refractivity contribution in [2.75, 3.05) is 49.2 Å². The number of rotatable bonds is 39. The SMILES string of the molecule is CCCC[C@H](NC(=O)c1cc(-c2c(OC)cccc2OC)n(CC(C)C)n1)C(=O)NC(C)(OC(=O)CNC(=O)[C@H](CCc1ccccc1)NC(=O)c1cc(-c2c(OC)cccc2OC)n(CC(C)C)n1)C(=O)OC(=O)C(C)NC(=O)[C@H](Cc1ccccc1)NC(=O)c1cc(-c2c(OC)cccc2OC)n(CC(C)C)n1. The third-order valence-electron chi connectivity index (χ3n) is 17.6. The first-order valence-corrected chi connectivity index (χ1v) is 36.4. The molecule has 5 aromatic carbocycles. The van der Waals surface area contributed by atoms with Gasteiger partial charge in [0.1, 0.15) is 65.2 Å². The van der Waals surface area contributed by atoms with Crippen LogP contribution in [0.2, 0.25) is 0 Å². The Kier molecular flexibility index (Phi) is 29.8. The number of amides is 6. The second-order valence-electron chi connectivity index (χ2n) is 27.7. The molecule has 6 amide bonds. The topological polar surface area (TPSA) is 353 Å². The zero-order valence-electron chi connectivity index (χ0n) is 64.9. The van der Waals surface area contributed by atoms with Crippen LogP contribution in [0.15, 0.2) is 133 Å². The standard InChI is InChI=1S/C81H100N12O17/c1-16-17-31-54(84-75(97)57-41-60(91(88-57)45-48(2)3)70-63(103-10)32-24-33-64(70)104-11)78(100)87-81(9,110-69(94)44-82-73(95)55(39-38-52-27-20-18-21-28-52)85-76(98)58-42-61(92(89-58)46-49(4)5)71-65(105-12)34-25-35-66(71)106-13)80(102)109-79(101)51(8)83-74(96)56(40-53-29-22-19-23-30-53)86-77(99)59-43-62(93(90-59)47-50(6)7)72-67(107-14)36-26-37-68(72)108-15/h18-30,32-37,41-43,48-51,54-56H,16-17,31,38-40,44-47H2,1-15H3,(H,82,95)(H,83,96)(H,84,97)(H,85,98)(H,86,99)(H,87,100)/t51?,54-,55-,56-,81?/m0/s1. The van der Waals surface area contributed by atoms with E-state index in [0.717, 1.165) is 12.5 Å². The van der Waals surface area contributed by atoms with E-state index in [0.29, 0.717) is 106 Å². The summed E-state index contributed by atoms with van der Waals surface area (Å²) in [5.74, 6) is -6.89. The van der Waals surface area contributed by atoms with E-state index >= 15 is 0 Å². The molecule has 110 heavy (non-hydrogen) atoms. The van der Waals surface area contributed by atoms with Crippen molar-refractivity contribution in [1.82, 2.24) is 61.2 Å². The van der Waals surface area contributed by atoms with Gasteiger partial charge < -0.3 is 69.8 Å². The summed E-state index contributed by atoms with van der Waals surface area (Å²) in [5.41, 5.74) is 1.20. The van der Waals surface area contributed by atoms with Crippen molar-refractivity contribution >= 4 is 53.4 Å². The molecule has 0 saturated heterocycles. The third-order valence-corrected chi connectivity index (χ3v) is 17.6. The van der Waals surface area contributed by atoms with Crippen LogP contribution in [0.1, 0.15) is 131 Å². The van der Waals surface area contributed by atoms with Gasteiger partial charge in [0.25, 0.3) is 23.4 Å². The number of nitrogens with zero attached hydrogens (tertiary/aromatic N) is 6. The maximum absolute atomic E-state index is 15.0. The van der Waals surface area contributed by atoms with Crippen LogP contribution in [0.4, 0.5) is 0 Å². The molecule has 0 aliphatic rings. The van der Waals surface area contributed by atoms with Gasteiger partial charge in [0, 0.05) is 33.0 Å². The minimum Gasteiger partial charge on any atom is -0.496 e. The first kappa shape index (κ1) is 83.6. The molecule has 586 valence electrons. The van der Waals surface area contributed by atoms with E-state index in [9.17, 15) is 43.2 Å². The molecule has 0 aliphatic carbocycles.